The minimum absolute atomic E-state index is 0.0475. The quantitative estimate of drug-likeness (QED) is 0.717. The summed E-state index contributed by atoms with van der Waals surface area (Å²) >= 11 is 0. The van der Waals surface area contributed by atoms with Crippen molar-refractivity contribution in [3.63, 3.8) is 0 Å². The Bertz CT molecular complexity index is 353. The maximum absolute atomic E-state index is 12.3. The highest BCUT2D eigenvalue weighted by Crippen LogP contribution is 2.32. The fraction of sp³-hybridized carbons (Fsp3) is 0.500. The highest BCUT2D eigenvalue weighted by atomic mass is 19.4. The first kappa shape index (κ1) is 13.7. The van der Waals surface area contributed by atoms with Gasteiger partial charge in [0.1, 0.15) is 0 Å². The van der Waals surface area contributed by atoms with Gasteiger partial charge in [0.15, 0.2) is 0 Å². The molecule has 0 fully saturated rings. The van der Waals surface area contributed by atoms with Crippen LogP contribution in [0, 0.1) is 13.8 Å². The van der Waals surface area contributed by atoms with Crippen LogP contribution in [0.5, 0.6) is 0 Å². The molecule has 1 aromatic rings. The summed E-state index contributed by atoms with van der Waals surface area (Å²) in [5.74, 6) is 0. The molecule has 15 heavy (non-hydrogen) atoms. The summed E-state index contributed by atoms with van der Waals surface area (Å²) in [6.45, 7) is 6.50. The normalized spacial score (nSPS) is 10.6. The number of halogens is 3. The molecule has 0 aliphatic rings. The van der Waals surface area contributed by atoms with Crippen molar-refractivity contribution >= 4 is 0 Å². The number of hydrogen-bond donors (Lipinski definition) is 1. The van der Waals surface area contributed by atoms with Crippen LogP contribution in [0.3, 0.4) is 0 Å². The van der Waals surface area contributed by atoms with Gasteiger partial charge in [-0.3, -0.25) is 4.79 Å². The van der Waals surface area contributed by atoms with Gasteiger partial charge < -0.3 is 4.98 Å². The van der Waals surface area contributed by atoms with Crippen molar-refractivity contribution in [3.05, 3.63) is 33.2 Å². The van der Waals surface area contributed by atoms with E-state index in [-0.39, 0.29) is 11.3 Å². The molecule has 0 bridgehead atoms. The minimum Gasteiger partial charge on any atom is -0.326 e. The van der Waals surface area contributed by atoms with Crippen molar-refractivity contribution in [2.45, 2.75) is 33.9 Å². The molecular formula is C10H14F3NO. The molecule has 0 radical (unpaired) electrons. The number of nitrogens with one attached hydrogen (secondary N) is 1. The molecule has 0 aliphatic carbocycles. The van der Waals surface area contributed by atoms with Crippen molar-refractivity contribution in [2.75, 3.05) is 0 Å². The molecule has 0 atom stereocenters. The fourth-order valence-corrected chi connectivity index (χ4v) is 1.28. The van der Waals surface area contributed by atoms with Crippen LogP contribution in [0.25, 0.3) is 0 Å². The predicted molar refractivity (Wildman–Crippen MR) is 52.9 cm³/mol. The third-order valence-electron chi connectivity index (χ3n) is 1.71. The molecule has 5 heteroatoms. The summed E-state index contributed by atoms with van der Waals surface area (Å²) in [5, 5.41) is 0. The van der Waals surface area contributed by atoms with Crippen LogP contribution in [-0.4, -0.2) is 4.98 Å². The molecule has 1 rings (SSSR count). The van der Waals surface area contributed by atoms with Crippen molar-refractivity contribution < 1.29 is 13.2 Å². The molecule has 1 aromatic heterocycles. The number of aromatic nitrogens is 1. The average Bonchev–Trinajstić information content (AvgIpc) is 2.02. The van der Waals surface area contributed by atoms with Gasteiger partial charge in [-0.2, -0.15) is 13.2 Å². The monoisotopic (exact) mass is 221 g/mol. The molecule has 0 aliphatic heterocycles. The van der Waals surface area contributed by atoms with Gasteiger partial charge in [0.25, 0.3) is 0 Å². The van der Waals surface area contributed by atoms with Crippen molar-refractivity contribution in [1.82, 2.24) is 4.98 Å². The molecule has 0 unspecified atom stereocenters. The number of aromatic amines is 1. The number of pyridine rings is 1. The highest BCUT2D eigenvalue weighted by molar-refractivity contribution is 5.30. The molecule has 2 nitrogen and oxygen atoms in total. The van der Waals surface area contributed by atoms with Crippen molar-refractivity contribution in [1.29, 1.82) is 0 Å². The Hall–Kier alpha value is -1.26. The van der Waals surface area contributed by atoms with E-state index in [4.69, 9.17) is 0 Å². The third-order valence-corrected chi connectivity index (χ3v) is 1.71. The number of rotatable bonds is 0. The molecule has 1 N–H and O–H groups in total. The van der Waals surface area contributed by atoms with Crippen molar-refractivity contribution in [2.24, 2.45) is 0 Å². The van der Waals surface area contributed by atoms with Gasteiger partial charge in [-0.25, -0.2) is 0 Å². The first-order valence-corrected chi connectivity index (χ1v) is 4.60. The van der Waals surface area contributed by atoms with E-state index in [9.17, 15) is 18.0 Å². The largest absolute Gasteiger partial charge is 0.418 e. The standard InChI is InChI=1S/C8H8F3NO.C2H6/c1-4-3-6(13)12-5(2)7(4)8(9,10)11;1-2/h3H,1-2H3,(H,12,13);1-2H3. The summed E-state index contributed by atoms with van der Waals surface area (Å²) in [5.41, 5.74) is -1.46. The fourth-order valence-electron chi connectivity index (χ4n) is 1.28. The van der Waals surface area contributed by atoms with Gasteiger partial charge in [0.2, 0.25) is 5.56 Å². The lowest BCUT2D eigenvalue weighted by Crippen LogP contribution is -2.17. The predicted octanol–water partition coefficient (Wildman–Crippen LogP) is 3.04. The molecule has 0 amide bonds. The zero-order valence-electron chi connectivity index (χ0n) is 9.12. The van der Waals surface area contributed by atoms with Crippen LogP contribution in [-0.2, 0) is 6.18 Å². The Labute approximate surface area is 86.1 Å². The maximum atomic E-state index is 12.3. The zero-order valence-corrected chi connectivity index (χ0v) is 9.12. The van der Waals surface area contributed by atoms with E-state index in [1.165, 1.54) is 13.8 Å². The summed E-state index contributed by atoms with van der Waals surface area (Å²) < 4.78 is 37.0. The van der Waals surface area contributed by atoms with Gasteiger partial charge in [-0.1, -0.05) is 13.8 Å². The van der Waals surface area contributed by atoms with E-state index in [2.05, 4.69) is 4.98 Å². The number of H-pyrrole nitrogens is 1. The first-order chi connectivity index (χ1) is 6.82. The number of aryl methyl sites for hydroxylation is 2. The third kappa shape index (κ3) is 3.42. The smallest absolute Gasteiger partial charge is 0.326 e. The van der Waals surface area contributed by atoms with Gasteiger partial charge in [0, 0.05) is 11.8 Å². The number of hydrogen-bond acceptors (Lipinski definition) is 1. The summed E-state index contributed by atoms with van der Waals surface area (Å²) in [4.78, 5) is 12.9. The Morgan fingerprint density at radius 3 is 2.00 bits per heavy atom. The second-order valence-electron chi connectivity index (χ2n) is 2.81. The van der Waals surface area contributed by atoms with Crippen LogP contribution in [0.15, 0.2) is 10.9 Å². The molecule has 0 aromatic carbocycles. The van der Waals surface area contributed by atoms with Crippen LogP contribution in [0.2, 0.25) is 0 Å². The Morgan fingerprint density at radius 2 is 1.67 bits per heavy atom. The summed E-state index contributed by atoms with van der Waals surface area (Å²) in [6.07, 6.45) is -4.40. The molecule has 1 heterocycles. The number of alkyl halides is 3. The van der Waals surface area contributed by atoms with E-state index in [0.29, 0.717) is 0 Å². The van der Waals surface area contributed by atoms with E-state index < -0.39 is 17.3 Å². The molecular weight excluding hydrogens is 207 g/mol. The van der Waals surface area contributed by atoms with Crippen LogP contribution in [0.4, 0.5) is 13.2 Å². The van der Waals surface area contributed by atoms with Crippen LogP contribution in [0.1, 0.15) is 30.7 Å². The van der Waals surface area contributed by atoms with Crippen molar-refractivity contribution in [3.8, 4) is 0 Å². The minimum atomic E-state index is -4.40. The summed E-state index contributed by atoms with van der Waals surface area (Å²) in [6, 6.07) is 0.940. The summed E-state index contributed by atoms with van der Waals surface area (Å²) in [7, 11) is 0. The highest BCUT2D eigenvalue weighted by Gasteiger charge is 2.34. The van der Waals surface area contributed by atoms with Gasteiger partial charge in [-0.15, -0.1) is 0 Å². The Kier molecular flexibility index (Phi) is 4.58. The lowest BCUT2D eigenvalue weighted by Gasteiger charge is -2.11. The second kappa shape index (κ2) is 5.00. The second-order valence-corrected chi connectivity index (χ2v) is 2.81. The molecule has 86 valence electrons. The SMILES string of the molecule is CC.Cc1cc(=O)[nH]c(C)c1C(F)(F)F. The van der Waals surface area contributed by atoms with Gasteiger partial charge >= 0.3 is 6.18 Å². The zero-order chi connectivity index (χ0) is 12.2. The maximum Gasteiger partial charge on any atom is 0.418 e. The van der Waals surface area contributed by atoms with E-state index in [1.807, 2.05) is 13.8 Å². The van der Waals surface area contributed by atoms with Crippen LogP contribution >= 0.6 is 0 Å². The van der Waals surface area contributed by atoms with Gasteiger partial charge in [-0.05, 0) is 19.4 Å². The Morgan fingerprint density at radius 1 is 1.20 bits per heavy atom. The molecule has 0 saturated carbocycles. The molecule has 0 saturated heterocycles. The van der Waals surface area contributed by atoms with Gasteiger partial charge in [0.05, 0.1) is 5.56 Å². The van der Waals surface area contributed by atoms with E-state index in [0.717, 1.165) is 6.07 Å². The lowest BCUT2D eigenvalue weighted by atomic mass is 10.1. The Balaban J connectivity index is 0.000000921. The van der Waals surface area contributed by atoms with E-state index in [1.54, 1.807) is 0 Å². The topological polar surface area (TPSA) is 32.9 Å². The average molecular weight is 221 g/mol. The van der Waals surface area contributed by atoms with E-state index >= 15 is 0 Å². The molecule has 0 spiro atoms. The first-order valence-electron chi connectivity index (χ1n) is 4.60. The van der Waals surface area contributed by atoms with Crippen LogP contribution < -0.4 is 5.56 Å². The lowest BCUT2D eigenvalue weighted by molar-refractivity contribution is -0.138.